The summed E-state index contributed by atoms with van der Waals surface area (Å²) < 4.78 is 35.5. The minimum absolute atomic E-state index is 0.0614. The monoisotopic (exact) mass is 239 g/mol. The minimum atomic E-state index is -4.39. The Hall–Kier alpha value is -1.12. The summed E-state index contributed by atoms with van der Waals surface area (Å²) >= 11 is 5.57. The van der Waals surface area contributed by atoms with Crippen LogP contribution in [0.2, 0.25) is 5.15 Å². The first-order valence-corrected chi connectivity index (χ1v) is 5.06. The van der Waals surface area contributed by atoms with Crippen LogP contribution in [0.5, 0.6) is 5.75 Å². The third-order valence-electron chi connectivity index (χ3n) is 1.15. The van der Waals surface area contributed by atoms with E-state index in [1.54, 1.807) is 4.72 Å². The summed E-state index contributed by atoms with van der Waals surface area (Å²) in [5.41, 5.74) is 0. The lowest BCUT2D eigenvalue weighted by atomic mass is 10.6. The van der Waals surface area contributed by atoms with Crippen molar-refractivity contribution in [2.75, 3.05) is 11.8 Å². The quantitative estimate of drug-likeness (QED) is 0.583. The van der Waals surface area contributed by atoms with Crippen molar-refractivity contribution in [3.8, 4) is 5.75 Å². The van der Waals surface area contributed by atoms with Gasteiger partial charge >= 0.3 is 10.3 Å². The van der Waals surface area contributed by atoms with Gasteiger partial charge in [-0.3, -0.25) is 4.55 Å². The summed E-state index contributed by atoms with van der Waals surface area (Å²) in [5.74, 6) is -0.133. The Morgan fingerprint density at radius 3 is 2.71 bits per heavy atom. The molecule has 0 bridgehead atoms. The Balaban J connectivity index is 2.98. The van der Waals surface area contributed by atoms with Crippen LogP contribution in [0, 0.1) is 0 Å². The Labute approximate surface area is 85.0 Å². The molecule has 0 aromatic carbocycles. The minimum Gasteiger partial charge on any atom is -0.492 e. The van der Waals surface area contributed by atoms with Crippen molar-refractivity contribution < 1.29 is 17.7 Å². The molecule has 0 saturated heterocycles. The lowest BCUT2D eigenvalue weighted by molar-refractivity contribution is 0.411. The predicted molar refractivity (Wildman–Crippen MR) is 48.8 cm³/mol. The van der Waals surface area contributed by atoms with E-state index in [0.717, 1.165) is 0 Å². The maximum atomic E-state index is 10.4. The zero-order valence-electron chi connectivity index (χ0n) is 6.93. The normalized spacial score (nSPS) is 11.1. The van der Waals surface area contributed by atoms with Crippen LogP contribution < -0.4 is 9.46 Å². The van der Waals surface area contributed by atoms with Crippen molar-refractivity contribution >= 4 is 27.9 Å². The fraction of sp³-hybridized carbons (Fsp3) is 0.200. The van der Waals surface area contributed by atoms with Crippen LogP contribution in [0.25, 0.3) is 0 Å². The maximum Gasteiger partial charge on any atom is 0.359 e. The van der Waals surface area contributed by atoms with E-state index in [-0.39, 0.29) is 16.9 Å². The third-order valence-corrected chi connectivity index (χ3v) is 1.86. The van der Waals surface area contributed by atoms with Gasteiger partial charge in [0.25, 0.3) is 0 Å². The Morgan fingerprint density at radius 1 is 1.64 bits per heavy atom. The van der Waals surface area contributed by atoms with E-state index in [0.29, 0.717) is 0 Å². The van der Waals surface area contributed by atoms with Crippen molar-refractivity contribution in [1.82, 2.24) is 9.97 Å². The number of hydrogen-bond acceptors (Lipinski definition) is 5. The molecular formula is C5H6ClN3O4S. The van der Waals surface area contributed by atoms with Gasteiger partial charge in [-0.05, 0) is 0 Å². The number of anilines is 1. The van der Waals surface area contributed by atoms with E-state index in [4.69, 9.17) is 20.9 Å². The zero-order chi connectivity index (χ0) is 10.8. The average Bonchev–Trinajstić information content (AvgIpc) is 2.01. The van der Waals surface area contributed by atoms with E-state index in [1.165, 1.54) is 13.3 Å². The Kier molecular flexibility index (Phi) is 3.09. The number of halogens is 1. The maximum absolute atomic E-state index is 10.4. The van der Waals surface area contributed by atoms with Crippen LogP contribution in [0.3, 0.4) is 0 Å². The summed E-state index contributed by atoms with van der Waals surface area (Å²) in [6.07, 6.45) is 1.17. The van der Waals surface area contributed by atoms with Gasteiger partial charge in [-0.25, -0.2) is 9.71 Å². The number of methoxy groups -OCH3 is 1. The van der Waals surface area contributed by atoms with Crippen LogP contribution >= 0.6 is 11.6 Å². The van der Waals surface area contributed by atoms with Crippen LogP contribution in [0.15, 0.2) is 6.20 Å². The van der Waals surface area contributed by atoms with Gasteiger partial charge in [0.2, 0.25) is 5.95 Å². The molecule has 0 atom stereocenters. The number of rotatable bonds is 3. The van der Waals surface area contributed by atoms with Gasteiger partial charge in [-0.15, -0.1) is 0 Å². The highest BCUT2D eigenvalue weighted by molar-refractivity contribution is 7.87. The molecule has 0 spiro atoms. The largest absolute Gasteiger partial charge is 0.492 e. The number of hydrogen-bond donors (Lipinski definition) is 2. The van der Waals surface area contributed by atoms with Crippen molar-refractivity contribution in [1.29, 1.82) is 0 Å². The second kappa shape index (κ2) is 3.95. The molecule has 1 rings (SSSR count). The molecule has 0 aliphatic carbocycles. The molecule has 1 heterocycles. The van der Waals surface area contributed by atoms with Crippen molar-refractivity contribution in [3.05, 3.63) is 11.3 Å². The summed E-state index contributed by atoms with van der Waals surface area (Å²) in [6, 6.07) is 0. The number of ether oxygens (including phenoxy) is 1. The molecule has 7 nitrogen and oxygen atoms in total. The van der Waals surface area contributed by atoms with Gasteiger partial charge in [0, 0.05) is 0 Å². The van der Waals surface area contributed by atoms with Crippen LogP contribution in [0.4, 0.5) is 5.95 Å². The van der Waals surface area contributed by atoms with Gasteiger partial charge < -0.3 is 4.74 Å². The molecule has 0 fully saturated rings. The number of nitrogens with zero attached hydrogens (tertiary/aromatic N) is 2. The molecule has 0 radical (unpaired) electrons. The Bertz CT molecular complexity index is 435. The van der Waals surface area contributed by atoms with E-state index >= 15 is 0 Å². The fourth-order valence-electron chi connectivity index (χ4n) is 0.651. The van der Waals surface area contributed by atoms with E-state index in [1.807, 2.05) is 0 Å². The van der Waals surface area contributed by atoms with E-state index in [9.17, 15) is 8.42 Å². The molecule has 0 saturated carbocycles. The lowest BCUT2D eigenvalue weighted by Crippen LogP contribution is -2.13. The highest BCUT2D eigenvalue weighted by Gasteiger charge is 2.09. The average molecular weight is 240 g/mol. The van der Waals surface area contributed by atoms with Crippen molar-refractivity contribution in [2.45, 2.75) is 0 Å². The molecule has 1 aromatic heterocycles. The third kappa shape index (κ3) is 2.98. The highest BCUT2D eigenvalue weighted by atomic mass is 35.5. The first-order valence-electron chi connectivity index (χ1n) is 3.24. The van der Waals surface area contributed by atoms with Crippen LogP contribution in [-0.2, 0) is 10.3 Å². The summed E-state index contributed by atoms with van der Waals surface area (Å²) in [4.78, 5) is 7.03. The first-order chi connectivity index (χ1) is 6.42. The highest BCUT2D eigenvalue weighted by Crippen LogP contribution is 2.21. The molecule has 14 heavy (non-hydrogen) atoms. The zero-order valence-corrected chi connectivity index (χ0v) is 8.50. The molecule has 9 heteroatoms. The molecule has 78 valence electrons. The molecular weight excluding hydrogens is 234 g/mol. The number of aromatic nitrogens is 2. The fourth-order valence-corrected chi connectivity index (χ4v) is 1.19. The van der Waals surface area contributed by atoms with Gasteiger partial charge in [-0.1, -0.05) is 11.6 Å². The van der Waals surface area contributed by atoms with Gasteiger partial charge in [-0.2, -0.15) is 13.4 Å². The molecule has 0 unspecified atom stereocenters. The lowest BCUT2D eigenvalue weighted by Gasteiger charge is -2.03. The van der Waals surface area contributed by atoms with Crippen LogP contribution in [-0.4, -0.2) is 30.0 Å². The summed E-state index contributed by atoms with van der Waals surface area (Å²) in [6.45, 7) is 0. The van der Waals surface area contributed by atoms with E-state index in [2.05, 4.69) is 9.97 Å². The molecule has 2 N–H and O–H groups in total. The summed E-state index contributed by atoms with van der Waals surface area (Å²) in [7, 11) is -3.03. The number of nitrogens with one attached hydrogen (secondary N) is 1. The first kappa shape index (κ1) is 11.0. The Morgan fingerprint density at radius 2 is 2.29 bits per heavy atom. The molecule has 0 aliphatic rings. The predicted octanol–water partition coefficient (Wildman–Crippen LogP) is 0.353. The summed E-state index contributed by atoms with van der Waals surface area (Å²) in [5, 5.41) is -0.0614. The topological polar surface area (TPSA) is 101 Å². The molecule has 0 aliphatic heterocycles. The molecule has 1 aromatic rings. The van der Waals surface area contributed by atoms with Crippen molar-refractivity contribution in [3.63, 3.8) is 0 Å². The molecule has 0 amide bonds. The SMILES string of the molecule is COc1cnc(NS(=O)(=O)O)nc1Cl. The van der Waals surface area contributed by atoms with E-state index < -0.39 is 10.3 Å². The standard InChI is InChI=1S/C5H6ClN3O4S/c1-13-3-2-7-5(8-4(3)6)9-14(10,11)12/h2H,1H3,(H,7,8,9)(H,10,11,12). The van der Waals surface area contributed by atoms with Crippen molar-refractivity contribution in [2.24, 2.45) is 0 Å². The van der Waals surface area contributed by atoms with Crippen LogP contribution in [0.1, 0.15) is 0 Å². The smallest absolute Gasteiger partial charge is 0.359 e. The van der Waals surface area contributed by atoms with Gasteiger partial charge in [0.15, 0.2) is 10.9 Å². The second-order valence-electron chi connectivity index (χ2n) is 2.13. The van der Waals surface area contributed by atoms with Gasteiger partial charge in [0.1, 0.15) is 0 Å². The second-order valence-corrected chi connectivity index (χ2v) is 3.64. The van der Waals surface area contributed by atoms with Gasteiger partial charge in [0.05, 0.1) is 13.3 Å².